The molecule has 0 spiro atoms. The quantitative estimate of drug-likeness (QED) is 0.734. The van der Waals surface area contributed by atoms with Gasteiger partial charge in [-0.3, -0.25) is 0 Å². The Kier molecular flexibility index (Phi) is 4.16. The lowest BCUT2D eigenvalue weighted by Crippen LogP contribution is -2.42. The highest BCUT2D eigenvalue weighted by atomic mass is 79.9. The Labute approximate surface area is 148 Å². The van der Waals surface area contributed by atoms with Crippen molar-refractivity contribution in [1.29, 1.82) is 0 Å². The predicted octanol–water partition coefficient (Wildman–Crippen LogP) is 4.97. The summed E-state index contributed by atoms with van der Waals surface area (Å²) in [6.45, 7) is 9.27. The van der Waals surface area contributed by atoms with Crippen LogP contribution in [0.5, 0.6) is 0 Å². The molecule has 1 nitrogen and oxygen atoms in total. The molecule has 1 atom stereocenters. The minimum Gasteiger partial charge on any atom is -0.384 e. The van der Waals surface area contributed by atoms with E-state index in [2.05, 4.69) is 73.2 Å². The highest BCUT2D eigenvalue weighted by molar-refractivity contribution is 9.10. The Morgan fingerprint density at radius 1 is 0.957 bits per heavy atom. The third-order valence-corrected chi connectivity index (χ3v) is 9.53. The van der Waals surface area contributed by atoms with Crippen molar-refractivity contribution in [1.82, 2.24) is 0 Å². The molecule has 3 rings (SSSR count). The molecule has 1 unspecified atom stereocenters. The molecule has 0 heterocycles. The van der Waals surface area contributed by atoms with Gasteiger partial charge in [-0.1, -0.05) is 95.7 Å². The Balaban J connectivity index is 1.99. The molecule has 0 bridgehead atoms. The monoisotopic (exact) mass is 386 g/mol. The van der Waals surface area contributed by atoms with E-state index in [1.165, 1.54) is 16.0 Å². The van der Waals surface area contributed by atoms with Gasteiger partial charge in [-0.25, -0.2) is 0 Å². The van der Waals surface area contributed by atoms with Crippen LogP contribution in [0.25, 0.3) is 0 Å². The zero-order valence-corrected chi connectivity index (χ0v) is 16.7. The van der Waals surface area contributed by atoms with Crippen LogP contribution in [0.4, 0.5) is 0 Å². The number of benzene rings is 2. The largest absolute Gasteiger partial charge is 0.384 e. The van der Waals surface area contributed by atoms with Crippen LogP contribution < -0.4 is 5.19 Å². The molecule has 0 saturated carbocycles. The summed E-state index contributed by atoms with van der Waals surface area (Å²) < 4.78 is 1.04. The molecular formula is C20H23BrOSi. The second-order valence-corrected chi connectivity index (χ2v) is 12.6. The van der Waals surface area contributed by atoms with Crippen LogP contribution in [-0.4, -0.2) is 13.2 Å². The summed E-state index contributed by atoms with van der Waals surface area (Å²) in [6.07, 6.45) is -0.497. The van der Waals surface area contributed by atoms with Crippen molar-refractivity contribution in [2.75, 3.05) is 0 Å². The topological polar surface area (TPSA) is 20.2 Å². The van der Waals surface area contributed by atoms with Gasteiger partial charge in [-0.05, 0) is 23.3 Å². The van der Waals surface area contributed by atoms with Gasteiger partial charge in [0.15, 0.2) is 0 Å². The number of halogens is 1. The molecule has 0 amide bonds. The average Bonchev–Trinajstić information content (AvgIpc) is 3.12. The van der Waals surface area contributed by atoms with Crippen LogP contribution in [-0.2, 0) is 0 Å². The van der Waals surface area contributed by atoms with Crippen LogP contribution in [0.3, 0.4) is 0 Å². The van der Waals surface area contributed by atoms with Gasteiger partial charge in [0.25, 0.3) is 0 Å². The summed E-state index contributed by atoms with van der Waals surface area (Å²) >= 11 is 3.46. The molecule has 23 heavy (non-hydrogen) atoms. The standard InChI is InChI=1S/C20H23BrOSi/c1-20(2)17(18(22)14-10-12-15(21)13-11-14)19(20)23(3,4)16-8-6-5-7-9-16/h5-13,18,22H,1-4H3. The second kappa shape index (κ2) is 5.73. The number of aliphatic hydroxyl groups is 1. The molecule has 1 aliphatic rings. The van der Waals surface area contributed by atoms with Gasteiger partial charge in [0.05, 0.1) is 0 Å². The molecule has 0 fully saturated rings. The zero-order valence-electron chi connectivity index (χ0n) is 14.1. The summed E-state index contributed by atoms with van der Waals surface area (Å²) in [5.41, 5.74) is 2.22. The van der Waals surface area contributed by atoms with E-state index in [1.54, 1.807) is 0 Å². The fraction of sp³-hybridized carbons (Fsp3) is 0.300. The van der Waals surface area contributed by atoms with Gasteiger partial charge >= 0.3 is 0 Å². The Hall–Kier alpha value is -1.16. The van der Waals surface area contributed by atoms with Crippen LogP contribution in [0.1, 0.15) is 25.5 Å². The summed E-state index contributed by atoms with van der Waals surface area (Å²) in [5.74, 6) is 0. The lowest BCUT2D eigenvalue weighted by molar-refractivity contribution is 0.211. The molecule has 120 valence electrons. The Morgan fingerprint density at radius 2 is 1.52 bits per heavy atom. The molecule has 0 radical (unpaired) electrons. The van der Waals surface area contributed by atoms with Crippen LogP contribution in [0, 0.1) is 5.41 Å². The molecule has 2 aromatic carbocycles. The fourth-order valence-corrected chi connectivity index (χ4v) is 8.24. The van der Waals surface area contributed by atoms with Crippen molar-refractivity contribution in [3.8, 4) is 0 Å². The summed E-state index contributed by atoms with van der Waals surface area (Å²) in [4.78, 5) is 0. The molecule has 0 saturated heterocycles. The molecule has 1 aliphatic carbocycles. The van der Waals surface area contributed by atoms with Crippen LogP contribution >= 0.6 is 15.9 Å². The highest BCUT2D eigenvalue weighted by Gasteiger charge is 2.55. The number of allylic oxidation sites excluding steroid dienone is 1. The van der Waals surface area contributed by atoms with Crippen molar-refractivity contribution >= 4 is 29.2 Å². The van der Waals surface area contributed by atoms with Crippen molar-refractivity contribution in [2.24, 2.45) is 5.41 Å². The lowest BCUT2D eigenvalue weighted by atomic mass is 9.99. The average molecular weight is 387 g/mol. The van der Waals surface area contributed by atoms with E-state index in [9.17, 15) is 5.11 Å². The molecule has 0 aliphatic heterocycles. The van der Waals surface area contributed by atoms with E-state index in [0.717, 1.165) is 10.0 Å². The van der Waals surface area contributed by atoms with E-state index < -0.39 is 14.2 Å². The van der Waals surface area contributed by atoms with E-state index in [-0.39, 0.29) is 5.41 Å². The smallest absolute Gasteiger partial charge is 0.108 e. The number of hydrogen-bond acceptors (Lipinski definition) is 1. The first kappa shape index (κ1) is 16.7. The van der Waals surface area contributed by atoms with E-state index in [0.29, 0.717) is 0 Å². The normalized spacial score (nSPS) is 18.0. The zero-order chi connectivity index (χ0) is 16.8. The van der Waals surface area contributed by atoms with Crippen molar-refractivity contribution in [2.45, 2.75) is 33.0 Å². The van der Waals surface area contributed by atoms with Crippen molar-refractivity contribution in [3.63, 3.8) is 0 Å². The fourth-order valence-electron chi connectivity index (χ4n) is 3.91. The number of aliphatic hydroxyl groups excluding tert-OH is 1. The maximum Gasteiger partial charge on any atom is 0.108 e. The molecule has 1 N–H and O–H groups in total. The van der Waals surface area contributed by atoms with Gasteiger partial charge in [0.2, 0.25) is 0 Å². The van der Waals surface area contributed by atoms with Gasteiger partial charge in [-0.15, -0.1) is 0 Å². The highest BCUT2D eigenvalue weighted by Crippen LogP contribution is 2.60. The van der Waals surface area contributed by atoms with Gasteiger partial charge in [0.1, 0.15) is 14.2 Å². The number of rotatable bonds is 4. The van der Waals surface area contributed by atoms with Crippen molar-refractivity contribution < 1.29 is 5.11 Å². The van der Waals surface area contributed by atoms with Gasteiger partial charge < -0.3 is 5.11 Å². The van der Waals surface area contributed by atoms with E-state index in [4.69, 9.17) is 0 Å². The molecule has 3 heteroatoms. The van der Waals surface area contributed by atoms with Gasteiger partial charge in [0, 0.05) is 9.89 Å². The molecule has 2 aromatic rings. The first-order valence-electron chi connectivity index (χ1n) is 8.01. The molecule has 0 aromatic heterocycles. The summed E-state index contributed by atoms with van der Waals surface area (Å²) in [7, 11) is -1.74. The van der Waals surface area contributed by atoms with Crippen LogP contribution in [0.2, 0.25) is 13.1 Å². The third-order valence-electron chi connectivity index (χ3n) is 5.08. The maximum atomic E-state index is 10.9. The summed E-state index contributed by atoms with van der Waals surface area (Å²) in [6, 6.07) is 18.8. The SMILES string of the molecule is CC1(C)C(C(O)c2ccc(Br)cc2)=C1[Si](C)(C)c1ccccc1. The second-order valence-electron chi connectivity index (χ2n) is 7.36. The maximum absolute atomic E-state index is 10.9. The van der Waals surface area contributed by atoms with Gasteiger partial charge in [-0.2, -0.15) is 0 Å². The first-order chi connectivity index (χ1) is 10.8. The Bertz CT molecular complexity index is 745. The predicted molar refractivity (Wildman–Crippen MR) is 103 cm³/mol. The minimum absolute atomic E-state index is 0.0258. The first-order valence-corrected chi connectivity index (χ1v) is 11.8. The van der Waals surface area contributed by atoms with E-state index in [1.807, 2.05) is 24.3 Å². The minimum atomic E-state index is -1.74. The molecular weight excluding hydrogens is 364 g/mol. The third kappa shape index (κ3) is 2.86. The van der Waals surface area contributed by atoms with E-state index >= 15 is 0 Å². The lowest BCUT2D eigenvalue weighted by Gasteiger charge is -2.23. The number of hydrogen-bond donors (Lipinski definition) is 1. The van der Waals surface area contributed by atoms with Crippen molar-refractivity contribution in [3.05, 3.63) is 75.4 Å². The Morgan fingerprint density at radius 3 is 2.09 bits per heavy atom. The van der Waals surface area contributed by atoms with Crippen LogP contribution in [0.15, 0.2) is 69.8 Å². The summed E-state index contributed by atoms with van der Waals surface area (Å²) in [5, 5.41) is 13.8.